The summed E-state index contributed by atoms with van der Waals surface area (Å²) in [5.74, 6) is 1.11. The van der Waals surface area contributed by atoms with Crippen LogP contribution in [-0.2, 0) is 17.8 Å². The first-order valence-corrected chi connectivity index (χ1v) is 13.6. The molecule has 1 aromatic heterocycles. The van der Waals surface area contributed by atoms with Crippen molar-refractivity contribution in [1.82, 2.24) is 14.5 Å². The number of aryl methyl sites for hydroxylation is 2. The van der Waals surface area contributed by atoms with Gasteiger partial charge in [-0.2, -0.15) is 0 Å². The minimum absolute atomic E-state index is 0.198. The predicted octanol–water partition coefficient (Wildman–Crippen LogP) is 7.14. The molecule has 0 amide bonds. The van der Waals surface area contributed by atoms with Crippen LogP contribution in [0.1, 0.15) is 77.8 Å². The fourth-order valence-corrected chi connectivity index (χ4v) is 5.71. The molecule has 0 aliphatic carbocycles. The summed E-state index contributed by atoms with van der Waals surface area (Å²) >= 11 is 6.89. The van der Waals surface area contributed by atoms with Gasteiger partial charge < -0.3 is 14.0 Å². The fraction of sp³-hybridized carbons (Fsp3) is 0.467. The number of rotatable bonds is 9. The van der Waals surface area contributed by atoms with Crippen LogP contribution in [0.15, 0.2) is 36.4 Å². The monoisotopic (exact) mass is 523 g/mol. The lowest BCUT2D eigenvalue weighted by Gasteiger charge is -2.36. The second-order valence-electron chi connectivity index (χ2n) is 9.88. The number of esters is 1. The number of carbonyl (C=O) groups is 1. The molecule has 1 atom stereocenters. The number of carbonyl (C=O) groups excluding carboxylic acids is 1. The number of ether oxygens (including phenoxy) is 2. The average molecular weight is 524 g/mol. The Hall–Kier alpha value is -2.83. The molecule has 2 aromatic carbocycles. The van der Waals surface area contributed by atoms with E-state index in [-0.39, 0.29) is 6.04 Å². The molecule has 37 heavy (non-hydrogen) atoms. The summed E-state index contributed by atoms with van der Waals surface area (Å²) in [6.07, 6.45) is 5.48. The highest BCUT2D eigenvalue weighted by molar-refractivity contribution is 6.30. The molecule has 0 bridgehead atoms. The number of unbranched alkanes of at least 4 members (excludes halogenated alkanes) is 1. The molecular weight excluding hydrogens is 486 g/mol. The van der Waals surface area contributed by atoms with Gasteiger partial charge in [-0.1, -0.05) is 55.6 Å². The van der Waals surface area contributed by atoms with E-state index in [9.17, 15) is 4.79 Å². The topological polar surface area (TPSA) is 56.6 Å². The van der Waals surface area contributed by atoms with E-state index in [2.05, 4.69) is 48.4 Å². The molecule has 0 spiro atoms. The van der Waals surface area contributed by atoms with Crippen LogP contribution in [0, 0.1) is 13.8 Å². The minimum atomic E-state index is -0.394. The molecule has 1 aliphatic rings. The number of nitrogens with zero attached hydrogens (tertiary/aromatic N) is 3. The third-order valence-electron chi connectivity index (χ3n) is 7.45. The van der Waals surface area contributed by atoms with Gasteiger partial charge in [0.05, 0.1) is 19.9 Å². The van der Waals surface area contributed by atoms with Gasteiger partial charge in [0.1, 0.15) is 17.1 Å². The lowest BCUT2D eigenvalue weighted by molar-refractivity contribution is 0.0597. The summed E-state index contributed by atoms with van der Waals surface area (Å²) in [4.78, 5) is 19.6. The summed E-state index contributed by atoms with van der Waals surface area (Å²) in [6, 6.07) is 12.4. The summed E-state index contributed by atoms with van der Waals surface area (Å²) in [5.41, 5.74) is 6.23. The number of benzene rings is 2. The normalized spacial score (nSPS) is 16.1. The van der Waals surface area contributed by atoms with Gasteiger partial charge in [0.2, 0.25) is 0 Å². The van der Waals surface area contributed by atoms with Gasteiger partial charge >= 0.3 is 5.97 Å². The van der Waals surface area contributed by atoms with Gasteiger partial charge in [0.15, 0.2) is 5.15 Å². The van der Waals surface area contributed by atoms with Gasteiger partial charge in [-0.25, -0.2) is 9.78 Å². The largest absolute Gasteiger partial charge is 0.496 e. The molecule has 7 heteroatoms. The van der Waals surface area contributed by atoms with Crippen molar-refractivity contribution in [3.8, 4) is 17.1 Å². The maximum Gasteiger partial charge on any atom is 0.341 e. The molecule has 3 aromatic rings. The first-order chi connectivity index (χ1) is 17.9. The number of piperidine rings is 1. The predicted molar refractivity (Wildman–Crippen MR) is 148 cm³/mol. The Morgan fingerprint density at radius 2 is 1.89 bits per heavy atom. The molecule has 198 valence electrons. The zero-order chi connectivity index (χ0) is 26.5. The Labute approximate surface area is 225 Å². The van der Waals surface area contributed by atoms with E-state index in [1.807, 2.05) is 18.2 Å². The second kappa shape index (κ2) is 12.1. The molecule has 2 heterocycles. The van der Waals surface area contributed by atoms with Crippen molar-refractivity contribution in [3.05, 3.63) is 69.5 Å². The van der Waals surface area contributed by atoms with Crippen LogP contribution in [0.25, 0.3) is 11.4 Å². The molecule has 4 rings (SSSR count). The van der Waals surface area contributed by atoms with Crippen molar-refractivity contribution >= 4 is 17.6 Å². The number of imidazole rings is 1. The molecule has 0 saturated carbocycles. The van der Waals surface area contributed by atoms with Crippen molar-refractivity contribution < 1.29 is 14.3 Å². The van der Waals surface area contributed by atoms with E-state index in [1.54, 1.807) is 7.11 Å². The SMILES string of the molecule is CCCCn1c(-c2c(C)cccc2C)nc(Cl)c1CN1CCCCC1c1ccc(C(=O)OC)c(OC)c1. The number of hydrogen-bond acceptors (Lipinski definition) is 5. The Balaban J connectivity index is 1.72. The number of halogens is 1. The molecule has 1 aliphatic heterocycles. The van der Waals surface area contributed by atoms with Crippen LogP contribution in [-0.4, -0.2) is 41.2 Å². The molecule has 1 unspecified atom stereocenters. The highest BCUT2D eigenvalue weighted by Crippen LogP contribution is 2.37. The van der Waals surface area contributed by atoms with E-state index in [0.717, 1.165) is 62.3 Å². The van der Waals surface area contributed by atoms with Crippen molar-refractivity contribution in [3.63, 3.8) is 0 Å². The van der Waals surface area contributed by atoms with Crippen molar-refractivity contribution in [2.24, 2.45) is 0 Å². The second-order valence-corrected chi connectivity index (χ2v) is 10.2. The van der Waals surface area contributed by atoms with Crippen molar-refractivity contribution in [1.29, 1.82) is 0 Å². The smallest absolute Gasteiger partial charge is 0.341 e. The van der Waals surface area contributed by atoms with Gasteiger partial charge in [0.25, 0.3) is 0 Å². The van der Waals surface area contributed by atoms with Gasteiger partial charge in [-0.3, -0.25) is 4.90 Å². The Morgan fingerprint density at radius 3 is 2.57 bits per heavy atom. The van der Waals surface area contributed by atoms with Crippen LogP contribution < -0.4 is 4.74 Å². The Kier molecular flexibility index (Phi) is 8.93. The van der Waals surface area contributed by atoms with Gasteiger partial charge in [-0.15, -0.1) is 0 Å². The number of hydrogen-bond donors (Lipinski definition) is 0. The molecule has 0 radical (unpaired) electrons. The molecule has 6 nitrogen and oxygen atoms in total. The van der Waals surface area contributed by atoms with E-state index in [1.165, 1.54) is 23.8 Å². The maximum absolute atomic E-state index is 12.2. The molecule has 0 N–H and O–H groups in total. The van der Waals surface area contributed by atoms with Crippen LogP contribution in [0.3, 0.4) is 0 Å². The van der Waals surface area contributed by atoms with Crippen molar-refractivity contribution in [2.45, 2.75) is 72.0 Å². The third kappa shape index (κ3) is 5.70. The van der Waals surface area contributed by atoms with Crippen molar-refractivity contribution in [2.75, 3.05) is 20.8 Å². The Bertz CT molecular complexity index is 1230. The molecule has 1 saturated heterocycles. The highest BCUT2D eigenvalue weighted by Gasteiger charge is 2.29. The standard InChI is InChI=1S/C30H38ClN3O3/c1-6-7-17-34-25(28(31)32-29(34)27-20(2)11-10-12-21(27)3)19-33-16-9-8-13-24(33)22-14-15-23(30(35)37-5)26(18-22)36-4/h10-12,14-15,18,24H,6-9,13,16-17,19H2,1-5H3. The van der Waals surface area contributed by atoms with Crippen LogP contribution >= 0.6 is 11.6 Å². The summed E-state index contributed by atoms with van der Waals surface area (Å²) in [7, 11) is 2.97. The maximum atomic E-state index is 12.2. The Morgan fingerprint density at radius 1 is 1.14 bits per heavy atom. The average Bonchev–Trinajstić information content (AvgIpc) is 3.20. The molecular formula is C30H38ClN3O3. The third-order valence-corrected chi connectivity index (χ3v) is 7.75. The fourth-order valence-electron chi connectivity index (χ4n) is 5.47. The zero-order valence-corrected chi connectivity index (χ0v) is 23.4. The zero-order valence-electron chi connectivity index (χ0n) is 22.6. The summed E-state index contributed by atoms with van der Waals surface area (Å²) in [5, 5.41) is 0.580. The van der Waals surface area contributed by atoms with E-state index in [4.69, 9.17) is 26.1 Å². The minimum Gasteiger partial charge on any atom is -0.496 e. The van der Waals surface area contributed by atoms with Crippen LogP contribution in [0.4, 0.5) is 0 Å². The lowest BCUT2D eigenvalue weighted by Crippen LogP contribution is -2.34. The number of likely N-dealkylation sites (tertiary alicyclic amines) is 1. The lowest BCUT2D eigenvalue weighted by atomic mass is 9.94. The quantitative estimate of drug-likeness (QED) is 0.279. The highest BCUT2D eigenvalue weighted by atomic mass is 35.5. The van der Waals surface area contributed by atoms with Gasteiger partial charge in [-0.05, 0) is 68.5 Å². The number of aromatic nitrogens is 2. The van der Waals surface area contributed by atoms with Gasteiger partial charge in [0, 0.05) is 24.7 Å². The van der Waals surface area contributed by atoms with Crippen LogP contribution in [0.5, 0.6) is 5.75 Å². The van der Waals surface area contributed by atoms with E-state index < -0.39 is 5.97 Å². The molecule has 1 fully saturated rings. The summed E-state index contributed by atoms with van der Waals surface area (Å²) in [6.45, 7) is 9.06. The van der Waals surface area contributed by atoms with E-state index in [0.29, 0.717) is 23.0 Å². The first-order valence-electron chi connectivity index (χ1n) is 13.2. The number of methoxy groups -OCH3 is 2. The van der Waals surface area contributed by atoms with Crippen LogP contribution in [0.2, 0.25) is 5.15 Å². The summed E-state index contributed by atoms with van der Waals surface area (Å²) < 4.78 is 12.8. The first kappa shape index (κ1) is 27.2. The van der Waals surface area contributed by atoms with E-state index >= 15 is 0 Å².